The molecule has 0 saturated carbocycles. The van der Waals surface area contributed by atoms with E-state index >= 15 is 0 Å². The lowest BCUT2D eigenvalue weighted by molar-refractivity contribution is 0.994. The maximum Gasteiger partial charge on any atom is 0.234 e. The van der Waals surface area contributed by atoms with Crippen LogP contribution in [0.1, 0.15) is 11.1 Å². The second kappa shape index (κ2) is 9.84. The van der Waals surface area contributed by atoms with Crippen LogP contribution in [0.2, 0.25) is 10.0 Å². The summed E-state index contributed by atoms with van der Waals surface area (Å²) in [7, 11) is 0. The van der Waals surface area contributed by atoms with E-state index in [0.29, 0.717) is 10.0 Å². The molecule has 0 aliphatic carbocycles. The largest absolute Gasteiger partial charge is 0.367 e. The first-order valence-electron chi connectivity index (χ1n) is 6.31. The number of rotatable bonds is 4. The van der Waals surface area contributed by atoms with Gasteiger partial charge in [-0.05, 0) is 23.8 Å². The van der Waals surface area contributed by atoms with Crippen LogP contribution in [0.3, 0.4) is 0 Å². The van der Waals surface area contributed by atoms with Crippen molar-refractivity contribution < 1.29 is 0 Å². The molecule has 0 aliphatic heterocycles. The van der Waals surface area contributed by atoms with Gasteiger partial charge >= 0.3 is 0 Å². The van der Waals surface area contributed by atoms with E-state index in [1.54, 1.807) is 24.4 Å². The minimum absolute atomic E-state index is 0. The van der Waals surface area contributed by atoms with Crippen LogP contribution in [0.25, 0.3) is 0 Å². The summed E-state index contributed by atoms with van der Waals surface area (Å²) in [6, 6.07) is 14.5. The zero-order chi connectivity index (χ0) is 15.8. The van der Waals surface area contributed by atoms with Crippen LogP contribution >= 0.6 is 35.6 Å². The van der Waals surface area contributed by atoms with Gasteiger partial charge in [0.05, 0.1) is 12.4 Å². The van der Waals surface area contributed by atoms with E-state index < -0.39 is 0 Å². The number of guanidine groups is 1. The number of nitrogens with zero attached hydrogens (tertiary/aromatic N) is 3. The van der Waals surface area contributed by atoms with E-state index in [2.05, 4.69) is 20.7 Å². The SMILES string of the molecule is Cl.NC(=N/N=C/c1ccccc1Cl)N/N=C/c1ccc(Cl)cc1. The van der Waals surface area contributed by atoms with E-state index in [0.717, 1.165) is 11.1 Å². The van der Waals surface area contributed by atoms with Gasteiger partial charge in [-0.1, -0.05) is 53.5 Å². The van der Waals surface area contributed by atoms with E-state index in [1.165, 1.54) is 6.21 Å². The van der Waals surface area contributed by atoms with Gasteiger partial charge in [0, 0.05) is 15.6 Å². The average molecular weight is 371 g/mol. The first-order valence-corrected chi connectivity index (χ1v) is 7.06. The number of benzene rings is 2. The summed E-state index contributed by atoms with van der Waals surface area (Å²) in [5.74, 6) is 0.0634. The topological polar surface area (TPSA) is 75.1 Å². The van der Waals surface area contributed by atoms with Crippen LogP contribution in [0, 0.1) is 0 Å². The van der Waals surface area contributed by atoms with Crippen LogP contribution in [-0.4, -0.2) is 18.4 Å². The zero-order valence-electron chi connectivity index (χ0n) is 11.9. The second-order valence-corrected chi connectivity index (χ2v) is 5.02. The smallest absolute Gasteiger partial charge is 0.234 e. The van der Waals surface area contributed by atoms with Gasteiger partial charge in [0.2, 0.25) is 5.96 Å². The molecule has 2 aromatic carbocycles. The van der Waals surface area contributed by atoms with Crippen LogP contribution in [0.15, 0.2) is 63.8 Å². The summed E-state index contributed by atoms with van der Waals surface area (Å²) >= 11 is 11.8. The van der Waals surface area contributed by atoms with Crippen LogP contribution < -0.4 is 11.2 Å². The van der Waals surface area contributed by atoms with Crippen molar-refractivity contribution in [3.63, 3.8) is 0 Å². The molecule has 0 aliphatic rings. The molecule has 0 heterocycles. The van der Waals surface area contributed by atoms with E-state index in [-0.39, 0.29) is 18.4 Å². The third-order valence-corrected chi connectivity index (χ3v) is 3.13. The van der Waals surface area contributed by atoms with Gasteiger partial charge < -0.3 is 5.73 Å². The highest BCUT2D eigenvalue weighted by Crippen LogP contribution is 2.12. The predicted molar refractivity (Wildman–Crippen MR) is 100 cm³/mol. The Balaban J connectivity index is 0.00000264. The van der Waals surface area contributed by atoms with E-state index in [1.807, 2.05) is 30.3 Å². The first-order chi connectivity index (χ1) is 10.6. The maximum absolute atomic E-state index is 5.98. The van der Waals surface area contributed by atoms with Crippen molar-refractivity contribution in [3.8, 4) is 0 Å². The van der Waals surface area contributed by atoms with Crippen molar-refractivity contribution in [1.82, 2.24) is 5.43 Å². The van der Waals surface area contributed by atoms with Crippen molar-refractivity contribution in [1.29, 1.82) is 0 Å². The highest BCUT2D eigenvalue weighted by molar-refractivity contribution is 6.33. The fourth-order valence-electron chi connectivity index (χ4n) is 1.48. The molecule has 23 heavy (non-hydrogen) atoms. The van der Waals surface area contributed by atoms with Crippen molar-refractivity contribution >= 4 is 54.0 Å². The van der Waals surface area contributed by atoms with Crippen LogP contribution in [0.5, 0.6) is 0 Å². The zero-order valence-corrected chi connectivity index (χ0v) is 14.2. The van der Waals surface area contributed by atoms with Crippen molar-refractivity contribution in [2.24, 2.45) is 21.0 Å². The Labute approximate surface area is 150 Å². The molecule has 8 heteroatoms. The molecule has 0 unspecified atom stereocenters. The molecule has 0 amide bonds. The van der Waals surface area contributed by atoms with Gasteiger partial charge in [-0.3, -0.25) is 0 Å². The molecule has 2 aromatic rings. The minimum Gasteiger partial charge on any atom is -0.367 e. The standard InChI is InChI=1S/C15H13Cl2N5.ClH/c16-13-7-5-11(6-8-13)9-19-21-15(18)22-20-10-12-3-1-2-4-14(12)17;/h1-10H,(H3,18,21,22);1H/b19-9+,20-10+;. The molecular formula is C15H14Cl3N5. The molecule has 2 rings (SSSR count). The summed E-state index contributed by atoms with van der Waals surface area (Å²) < 4.78 is 0. The lowest BCUT2D eigenvalue weighted by Gasteiger charge is -1.97. The number of hydrazone groups is 1. The highest BCUT2D eigenvalue weighted by Gasteiger charge is 1.93. The van der Waals surface area contributed by atoms with Crippen molar-refractivity contribution in [3.05, 3.63) is 69.7 Å². The first kappa shape index (κ1) is 19.0. The fraction of sp³-hybridized carbons (Fsp3) is 0. The molecule has 0 radical (unpaired) electrons. The fourth-order valence-corrected chi connectivity index (χ4v) is 1.79. The monoisotopic (exact) mass is 369 g/mol. The molecule has 120 valence electrons. The number of hydrogen-bond acceptors (Lipinski definition) is 3. The van der Waals surface area contributed by atoms with Crippen LogP contribution in [0.4, 0.5) is 0 Å². The predicted octanol–water partition coefficient (Wildman–Crippen LogP) is 3.69. The van der Waals surface area contributed by atoms with Gasteiger partial charge in [-0.2, -0.15) is 10.2 Å². The summed E-state index contributed by atoms with van der Waals surface area (Å²) in [4.78, 5) is 0. The Bertz CT molecular complexity index is 711. The molecule has 5 nitrogen and oxygen atoms in total. The summed E-state index contributed by atoms with van der Waals surface area (Å²) in [6.07, 6.45) is 3.11. The number of nitrogens with two attached hydrogens (primary N) is 1. The Hall–Kier alpha value is -2.08. The number of nitrogens with one attached hydrogen (secondary N) is 1. The third-order valence-electron chi connectivity index (χ3n) is 2.53. The van der Waals surface area contributed by atoms with Crippen molar-refractivity contribution in [2.45, 2.75) is 0 Å². The van der Waals surface area contributed by atoms with Crippen molar-refractivity contribution in [2.75, 3.05) is 0 Å². The van der Waals surface area contributed by atoms with Gasteiger partial charge in [-0.25, -0.2) is 5.43 Å². The summed E-state index contributed by atoms with van der Waals surface area (Å²) in [5, 5.41) is 12.8. The minimum atomic E-state index is 0. The number of halogens is 3. The van der Waals surface area contributed by atoms with Crippen LogP contribution in [-0.2, 0) is 0 Å². The molecule has 0 fully saturated rings. The van der Waals surface area contributed by atoms with Gasteiger partial charge in [0.25, 0.3) is 0 Å². The molecule has 0 spiro atoms. The van der Waals surface area contributed by atoms with Gasteiger partial charge in [-0.15, -0.1) is 17.5 Å². The number of hydrogen-bond donors (Lipinski definition) is 2. The lowest BCUT2D eigenvalue weighted by Crippen LogP contribution is -2.26. The lowest BCUT2D eigenvalue weighted by atomic mass is 10.2. The third kappa shape index (κ3) is 6.69. The Morgan fingerprint density at radius 2 is 1.70 bits per heavy atom. The average Bonchev–Trinajstić information content (AvgIpc) is 2.51. The van der Waals surface area contributed by atoms with E-state index in [9.17, 15) is 0 Å². The second-order valence-electron chi connectivity index (χ2n) is 4.17. The normalized spacial score (nSPS) is 11.7. The van der Waals surface area contributed by atoms with E-state index in [4.69, 9.17) is 28.9 Å². The molecule has 0 bridgehead atoms. The molecule has 0 saturated heterocycles. The Kier molecular flexibility index (Phi) is 8.11. The quantitative estimate of drug-likeness (QED) is 0.489. The highest BCUT2D eigenvalue weighted by atomic mass is 35.5. The summed E-state index contributed by atoms with van der Waals surface area (Å²) in [5.41, 5.74) is 9.82. The molecule has 3 N–H and O–H groups in total. The van der Waals surface area contributed by atoms with Gasteiger partial charge in [0.1, 0.15) is 0 Å². The maximum atomic E-state index is 5.98. The van der Waals surface area contributed by atoms with Gasteiger partial charge in [0.15, 0.2) is 0 Å². The Morgan fingerprint density at radius 1 is 1.00 bits per heavy atom. The molecule has 0 aromatic heterocycles. The molecule has 0 atom stereocenters. The Morgan fingerprint density at radius 3 is 2.39 bits per heavy atom. The molecular weight excluding hydrogens is 357 g/mol. The summed E-state index contributed by atoms with van der Waals surface area (Å²) in [6.45, 7) is 0.